The molecule has 6 rings (SSSR count). The zero-order valence-electron chi connectivity index (χ0n) is 29.1. The molecule has 3 N–H and O–H groups in total. The molecular weight excluding hydrogens is 684 g/mol. The second kappa shape index (κ2) is 14.4. The lowest BCUT2D eigenvalue weighted by molar-refractivity contribution is -0.141. The molecule has 2 saturated carbocycles. The van der Waals surface area contributed by atoms with Crippen molar-refractivity contribution >= 4 is 39.8 Å². The Bertz CT molecular complexity index is 1700. The number of nitrogens with one attached hydrogen (secondary N) is 3. The number of rotatable bonds is 6. The maximum atomic E-state index is 14.3. The predicted molar refractivity (Wildman–Crippen MR) is 181 cm³/mol. The highest BCUT2D eigenvalue weighted by atomic mass is 32.2. The van der Waals surface area contributed by atoms with Crippen LogP contribution in [0.2, 0.25) is 0 Å². The summed E-state index contributed by atoms with van der Waals surface area (Å²) in [6.07, 6.45) is 6.01. The molecule has 5 aliphatic rings. The molecule has 15 nitrogen and oxygen atoms in total. The van der Waals surface area contributed by atoms with Gasteiger partial charge in [-0.2, -0.15) is 0 Å². The molecule has 0 bridgehead atoms. The van der Waals surface area contributed by atoms with Gasteiger partial charge in [-0.1, -0.05) is 25.0 Å². The number of allylic oxidation sites excluding steroid dienone is 1. The summed E-state index contributed by atoms with van der Waals surface area (Å²) < 4.78 is 50.1. The first-order valence-corrected chi connectivity index (χ1v) is 19.2. The number of alkyl carbamates (subject to hydrolysis) is 1. The molecule has 1 saturated heterocycles. The Labute approximate surface area is 297 Å². The number of carbonyl (C=O) groups is 5. The van der Waals surface area contributed by atoms with Gasteiger partial charge in [0.15, 0.2) is 11.5 Å². The fraction of sp³-hybridized carbons (Fsp3) is 0.629. The molecule has 3 aliphatic heterocycles. The average Bonchev–Trinajstić information content (AvgIpc) is 3.99. The minimum Gasteiger partial charge on any atom is -0.486 e. The number of carbonyl (C=O) groups excluding carboxylic acids is 5. The van der Waals surface area contributed by atoms with E-state index >= 15 is 0 Å². The van der Waals surface area contributed by atoms with Crippen LogP contribution in [0.5, 0.6) is 11.5 Å². The summed E-state index contributed by atoms with van der Waals surface area (Å²) in [4.78, 5) is 69.5. The monoisotopic (exact) mass is 730 g/mol. The number of amides is 4. The molecule has 4 amide bonds. The molecular formula is C35H46N4O11S. The summed E-state index contributed by atoms with van der Waals surface area (Å²) in [6, 6.07) is 2.36. The molecule has 51 heavy (non-hydrogen) atoms. The molecule has 1 aromatic rings. The lowest BCUT2D eigenvalue weighted by Gasteiger charge is -2.30. The Morgan fingerprint density at radius 3 is 2.49 bits per heavy atom. The van der Waals surface area contributed by atoms with E-state index in [1.807, 2.05) is 12.2 Å². The number of benzene rings is 1. The van der Waals surface area contributed by atoms with Gasteiger partial charge in [0.25, 0.3) is 5.91 Å². The third-order valence-corrected chi connectivity index (χ3v) is 11.4. The second-order valence-corrected chi connectivity index (χ2v) is 16.8. The summed E-state index contributed by atoms with van der Waals surface area (Å²) in [6.45, 7) is 5.64. The summed E-state index contributed by atoms with van der Waals surface area (Å²) in [5.41, 5.74) is -2.19. The Balaban J connectivity index is 1.26. The molecule has 16 heteroatoms. The van der Waals surface area contributed by atoms with Gasteiger partial charge in [0.1, 0.15) is 42.5 Å². The molecule has 0 spiro atoms. The van der Waals surface area contributed by atoms with Crippen LogP contribution in [0.25, 0.3) is 0 Å². The fourth-order valence-corrected chi connectivity index (χ4v) is 8.05. The Morgan fingerprint density at radius 1 is 1.02 bits per heavy atom. The third kappa shape index (κ3) is 8.59. The Kier molecular flexibility index (Phi) is 10.3. The fourth-order valence-electron chi connectivity index (χ4n) is 6.69. The minimum atomic E-state index is -3.91. The number of esters is 1. The van der Waals surface area contributed by atoms with Crippen LogP contribution >= 0.6 is 0 Å². The highest BCUT2D eigenvalue weighted by molar-refractivity contribution is 7.91. The number of sulfonamides is 1. The average molecular weight is 731 g/mol. The van der Waals surface area contributed by atoms with Crippen molar-refractivity contribution in [1.29, 1.82) is 0 Å². The van der Waals surface area contributed by atoms with Gasteiger partial charge in [0, 0.05) is 12.3 Å². The van der Waals surface area contributed by atoms with Gasteiger partial charge in [-0.15, -0.1) is 0 Å². The van der Waals surface area contributed by atoms with Crippen LogP contribution in [-0.2, 0) is 33.9 Å². The van der Waals surface area contributed by atoms with Crippen molar-refractivity contribution in [3.63, 3.8) is 0 Å². The summed E-state index contributed by atoms with van der Waals surface area (Å²) in [7, 11) is -3.91. The molecule has 0 radical (unpaired) electrons. The lowest BCUT2D eigenvalue weighted by Crippen LogP contribution is -2.58. The maximum absolute atomic E-state index is 14.3. The zero-order valence-corrected chi connectivity index (χ0v) is 29.9. The van der Waals surface area contributed by atoms with E-state index < -0.39 is 80.3 Å². The smallest absolute Gasteiger partial charge is 0.408 e. The van der Waals surface area contributed by atoms with Crippen molar-refractivity contribution in [2.45, 2.75) is 113 Å². The number of fused-ring (bicyclic) bond motifs is 3. The first-order chi connectivity index (χ1) is 24.1. The number of nitrogens with zero attached hydrogens (tertiary/aromatic N) is 1. The highest BCUT2D eigenvalue weighted by Crippen LogP contribution is 2.46. The molecule has 3 heterocycles. The largest absolute Gasteiger partial charge is 0.486 e. The number of hydrogen-bond donors (Lipinski definition) is 3. The molecule has 2 aliphatic carbocycles. The van der Waals surface area contributed by atoms with Crippen LogP contribution in [0.3, 0.4) is 0 Å². The summed E-state index contributed by atoms with van der Waals surface area (Å²) in [5.74, 6) is -2.40. The van der Waals surface area contributed by atoms with E-state index in [0.29, 0.717) is 50.4 Å². The first-order valence-electron chi connectivity index (χ1n) is 17.6. The van der Waals surface area contributed by atoms with E-state index in [4.69, 9.17) is 18.9 Å². The van der Waals surface area contributed by atoms with Crippen LogP contribution in [0, 0.1) is 5.92 Å². The molecule has 1 aromatic carbocycles. The van der Waals surface area contributed by atoms with Gasteiger partial charge in [-0.3, -0.25) is 19.1 Å². The maximum Gasteiger partial charge on any atom is 0.408 e. The third-order valence-electron chi connectivity index (χ3n) is 9.59. The van der Waals surface area contributed by atoms with E-state index in [9.17, 15) is 32.4 Å². The van der Waals surface area contributed by atoms with Gasteiger partial charge in [-0.25, -0.2) is 18.0 Å². The van der Waals surface area contributed by atoms with Crippen LogP contribution in [0.15, 0.2) is 30.4 Å². The summed E-state index contributed by atoms with van der Waals surface area (Å²) >= 11 is 0. The molecule has 5 atom stereocenters. The van der Waals surface area contributed by atoms with Crippen molar-refractivity contribution in [2.24, 2.45) is 5.92 Å². The molecule has 3 fully saturated rings. The molecule has 278 valence electrons. The van der Waals surface area contributed by atoms with Gasteiger partial charge in [0.2, 0.25) is 21.8 Å². The normalized spacial score (nSPS) is 28.8. The van der Waals surface area contributed by atoms with Gasteiger partial charge in [0.05, 0.1) is 17.4 Å². The van der Waals surface area contributed by atoms with Crippen molar-refractivity contribution < 1.29 is 51.3 Å². The van der Waals surface area contributed by atoms with Gasteiger partial charge >= 0.3 is 12.1 Å². The molecule has 5 unspecified atom stereocenters. The zero-order chi connectivity index (χ0) is 36.6. The van der Waals surface area contributed by atoms with E-state index in [2.05, 4.69) is 15.4 Å². The second-order valence-electron chi connectivity index (χ2n) is 14.8. The van der Waals surface area contributed by atoms with E-state index in [1.165, 1.54) is 17.0 Å². The van der Waals surface area contributed by atoms with Gasteiger partial charge < -0.3 is 34.5 Å². The quantitative estimate of drug-likeness (QED) is 0.287. The van der Waals surface area contributed by atoms with Crippen LogP contribution in [0.4, 0.5) is 4.79 Å². The van der Waals surface area contributed by atoms with Crippen LogP contribution in [0.1, 0.15) is 88.9 Å². The van der Waals surface area contributed by atoms with Crippen LogP contribution in [-0.4, -0.2) is 97.4 Å². The van der Waals surface area contributed by atoms with Crippen LogP contribution < -0.4 is 24.8 Å². The predicted octanol–water partition coefficient (Wildman–Crippen LogP) is 2.48. The van der Waals surface area contributed by atoms with Crippen molar-refractivity contribution in [1.82, 2.24) is 20.3 Å². The Hall–Kier alpha value is -4.34. The van der Waals surface area contributed by atoms with Gasteiger partial charge in [-0.05, 0) is 77.5 Å². The SMILES string of the molecule is CC(C)(C)OC(=O)NC1CCCCC/C=C\C2CC2(C(=O)NS(=O)(=O)C2CC2)NC(=O)C2CC(OC(=O)c3ccc4c(c3)OCCO4)CN2C1=O. The topological polar surface area (TPSA) is 196 Å². The van der Waals surface area contributed by atoms with E-state index in [-0.39, 0.29) is 31.4 Å². The Morgan fingerprint density at radius 2 is 1.76 bits per heavy atom. The van der Waals surface area contributed by atoms with E-state index in [0.717, 1.165) is 12.8 Å². The van der Waals surface area contributed by atoms with E-state index in [1.54, 1.807) is 26.8 Å². The van der Waals surface area contributed by atoms with Crippen molar-refractivity contribution in [3.05, 3.63) is 35.9 Å². The lowest BCUT2D eigenvalue weighted by atomic mass is 10.0. The summed E-state index contributed by atoms with van der Waals surface area (Å²) in [5, 5.41) is 4.82. The number of ether oxygens (including phenoxy) is 4. The standard InChI is InChI=1S/C35H46N4O11S/c1-34(2,3)50-33(44)36-25-10-8-6-4-5-7-9-22-19-35(22,32(43)38-51(45,46)24-12-13-24)37-29(40)26-18-23(20-39(26)30(25)41)49-31(42)21-11-14-27-28(17-21)48-16-15-47-27/h7,9,11,14,17,22-26H,4-6,8,10,12-13,15-16,18-20H2,1-3H3,(H,36,44)(H,37,40)(H,38,43)/b9-7-. The minimum absolute atomic E-state index is 0.106. The first kappa shape index (κ1) is 36.5. The molecule has 0 aromatic heterocycles. The number of hydrogen-bond acceptors (Lipinski definition) is 11. The van der Waals surface area contributed by atoms with Crippen molar-refractivity contribution in [3.8, 4) is 11.5 Å². The highest BCUT2D eigenvalue weighted by Gasteiger charge is 2.62. The van der Waals surface area contributed by atoms with Crippen molar-refractivity contribution in [2.75, 3.05) is 19.8 Å².